The third kappa shape index (κ3) is 8.62. The molecule has 2 heteroatoms. The van der Waals surface area contributed by atoms with Gasteiger partial charge in [-0.05, 0) is 44.6 Å². The van der Waals surface area contributed by atoms with Crippen molar-refractivity contribution in [2.75, 3.05) is 13.7 Å². The first-order valence-corrected chi connectivity index (χ1v) is 7.43. The Morgan fingerprint density at radius 1 is 1.24 bits per heavy atom. The van der Waals surface area contributed by atoms with Gasteiger partial charge in [0.2, 0.25) is 0 Å². The van der Waals surface area contributed by atoms with E-state index in [0.29, 0.717) is 6.61 Å². The lowest BCUT2D eigenvalue weighted by Gasteiger charge is -2.32. The van der Waals surface area contributed by atoms with Crippen LogP contribution in [0.25, 0.3) is 0 Å². The third-order valence-electron chi connectivity index (χ3n) is 3.57. The fraction of sp³-hybridized carbons (Fsp3) is 1.00. The highest BCUT2D eigenvalue weighted by molar-refractivity contribution is 4.80. The molecule has 1 saturated carbocycles. The maximum Gasteiger partial charge on any atom is 0.0430 e. The van der Waals surface area contributed by atoms with Crippen LogP contribution in [0.1, 0.15) is 65.7 Å². The Morgan fingerprint density at radius 2 is 1.88 bits per heavy atom. The Bertz CT molecular complexity index is 157. The van der Waals surface area contributed by atoms with Crippen molar-refractivity contribution in [1.82, 2.24) is 5.32 Å². The van der Waals surface area contributed by atoms with E-state index in [1.165, 1.54) is 32.1 Å². The zero-order valence-electron chi connectivity index (χ0n) is 12.3. The second kappa shape index (κ2) is 11.0. The summed E-state index contributed by atoms with van der Waals surface area (Å²) in [6.45, 7) is 7.06. The maximum atomic E-state index is 8.07. The van der Waals surface area contributed by atoms with Gasteiger partial charge in [-0.3, -0.25) is 0 Å². The number of unbranched alkanes of at least 4 members (excludes halogenated alkanes) is 1. The van der Waals surface area contributed by atoms with Gasteiger partial charge in [-0.25, -0.2) is 0 Å². The molecule has 2 N–H and O–H groups in total. The minimum absolute atomic E-state index is 0.344. The summed E-state index contributed by atoms with van der Waals surface area (Å²) in [5, 5.41) is 11.5. The van der Waals surface area contributed by atoms with E-state index in [2.05, 4.69) is 33.1 Å². The molecule has 0 aromatic heterocycles. The SMILES string of the molecule is CCCCO.CNC1CCCCC1CC(C)C. The molecule has 17 heavy (non-hydrogen) atoms. The lowest BCUT2D eigenvalue weighted by atomic mass is 9.80. The molecule has 0 aliphatic heterocycles. The smallest absolute Gasteiger partial charge is 0.0430 e. The van der Waals surface area contributed by atoms with Crippen LogP contribution in [0.5, 0.6) is 0 Å². The van der Waals surface area contributed by atoms with Gasteiger partial charge in [-0.15, -0.1) is 0 Å². The zero-order valence-corrected chi connectivity index (χ0v) is 12.3. The van der Waals surface area contributed by atoms with Crippen molar-refractivity contribution in [3.05, 3.63) is 0 Å². The van der Waals surface area contributed by atoms with Crippen molar-refractivity contribution in [1.29, 1.82) is 0 Å². The molecule has 104 valence electrons. The van der Waals surface area contributed by atoms with Crippen LogP contribution in [0, 0.1) is 11.8 Å². The zero-order chi connectivity index (χ0) is 13.1. The summed E-state index contributed by atoms with van der Waals surface area (Å²) in [5.41, 5.74) is 0. The summed E-state index contributed by atoms with van der Waals surface area (Å²) in [4.78, 5) is 0. The molecular weight excluding hydrogens is 210 g/mol. The van der Waals surface area contributed by atoms with Crippen LogP contribution in [0.15, 0.2) is 0 Å². The maximum absolute atomic E-state index is 8.07. The average Bonchev–Trinajstić information content (AvgIpc) is 2.31. The highest BCUT2D eigenvalue weighted by Gasteiger charge is 2.23. The van der Waals surface area contributed by atoms with E-state index in [1.54, 1.807) is 0 Å². The van der Waals surface area contributed by atoms with Gasteiger partial charge < -0.3 is 10.4 Å². The molecule has 1 aliphatic carbocycles. The van der Waals surface area contributed by atoms with Crippen LogP contribution in [0.3, 0.4) is 0 Å². The van der Waals surface area contributed by atoms with Gasteiger partial charge in [0.15, 0.2) is 0 Å². The van der Waals surface area contributed by atoms with E-state index in [0.717, 1.165) is 30.7 Å². The molecular formula is C15H33NO. The first-order chi connectivity index (χ1) is 8.15. The van der Waals surface area contributed by atoms with E-state index < -0.39 is 0 Å². The summed E-state index contributed by atoms with van der Waals surface area (Å²) >= 11 is 0. The Hall–Kier alpha value is -0.0800. The van der Waals surface area contributed by atoms with E-state index in [4.69, 9.17) is 5.11 Å². The molecule has 0 aromatic rings. The van der Waals surface area contributed by atoms with Crippen molar-refractivity contribution in [2.45, 2.75) is 71.8 Å². The highest BCUT2D eigenvalue weighted by Crippen LogP contribution is 2.29. The number of aliphatic hydroxyl groups is 1. The first kappa shape index (κ1) is 16.9. The second-order valence-corrected chi connectivity index (χ2v) is 5.65. The topological polar surface area (TPSA) is 32.3 Å². The largest absolute Gasteiger partial charge is 0.396 e. The Morgan fingerprint density at radius 3 is 2.29 bits per heavy atom. The van der Waals surface area contributed by atoms with Crippen molar-refractivity contribution < 1.29 is 5.11 Å². The minimum atomic E-state index is 0.344. The molecule has 2 nitrogen and oxygen atoms in total. The van der Waals surface area contributed by atoms with E-state index in [-0.39, 0.29) is 0 Å². The predicted molar refractivity (Wildman–Crippen MR) is 76.3 cm³/mol. The quantitative estimate of drug-likeness (QED) is 0.773. The molecule has 0 spiro atoms. The Labute approximate surface area is 108 Å². The van der Waals surface area contributed by atoms with Crippen molar-refractivity contribution in [3.8, 4) is 0 Å². The lowest BCUT2D eigenvalue weighted by molar-refractivity contribution is 0.238. The van der Waals surface area contributed by atoms with Crippen molar-refractivity contribution in [2.24, 2.45) is 11.8 Å². The van der Waals surface area contributed by atoms with Gasteiger partial charge in [0.05, 0.1) is 0 Å². The lowest BCUT2D eigenvalue weighted by Crippen LogP contribution is -2.36. The molecule has 0 radical (unpaired) electrons. The van der Waals surface area contributed by atoms with Gasteiger partial charge >= 0.3 is 0 Å². The number of nitrogens with one attached hydrogen (secondary N) is 1. The van der Waals surface area contributed by atoms with Crippen molar-refractivity contribution in [3.63, 3.8) is 0 Å². The second-order valence-electron chi connectivity index (χ2n) is 5.65. The number of hydrogen-bond acceptors (Lipinski definition) is 2. The summed E-state index contributed by atoms with van der Waals surface area (Å²) in [6.07, 6.45) is 9.18. The summed E-state index contributed by atoms with van der Waals surface area (Å²) in [6, 6.07) is 0.807. The van der Waals surface area contributed by atoms with Gasteiger partial charge in [0.25, 0.3) is 0 Å². The predicted octanol–water partition coefficient (Wildman–Crippen LogP) is 3.59. The molecule has 1 rings (SSSR count). The van der Waals surface area contributed by atoms with Gasteiger partial charge in [0, 0.05) is 12.6 Å². The summed E-state index contributed by atoms with van der Waals surface area (Å²) in [7, 11) is 2.11. The average molecular weight is 243 g/mol. The summed E-state index contributed by atoms with van der Waals surface area (Å²) < 4.78 is 0. The van der Waals surface area contributed by atoms with Crippen LogP contribution in [-0.4, -0.2) is 24.8 Å². The Kier molecular flexibility index (Phi) is 11.0. The van der Waals surface area contributed by atoms with Gasteiger partial charge in [-0.2, -0.15) is 0 Å². The van der Waals surface area contributed by atoms with Crippen LogP contribution in [0.2, 0.25) is 0 Å². The monoisotopic (exact) mass is 243 g/mol. The molecule has 1 fully saturated rings. The van der Waals surface area contributed by atoms with E-state index >= 15 is 0 Å². The number of hydrogen-bond donors (Lipinski definition) is 2. The molecule has 0 heterocycles. The summed E-state index contributed by atoms with van der Waals surface area (Å²) in [5.74, 6) is 1.81. The molecule has 0 amide bonds. The number of rotatable bonds is 5. The molecule has 2 atom stereocenters. The number of aliphatic hydroxyl groups excluding tert-OH is 1. The van der Waals surface area contributed by atoms with Crippen LogP contribution in [0.4, 0.5) is 0 Å². The molecule has 0 aromatic carbocycles. The Balaban J connectivity index is 0.000000437. The van der Waals surface area contributed by atoms with Gasteiger partial charge in [0.1, 0.15) is 0 Å². The van der Waals surface area contributed by atoms with Crippen LogP contribution < -0.4 is 5.32 Å². The van der Waals surface area contributed by atoms with Crippen LogP contribution in [-0.2, 0) is 0 Å². The van der Waals surface area contributed by atoms with E-state index in [1.807, 2.05) is 0 Å². The molecule has 0 saturated heterocycles. The molecule has 1 aliphatic rings. The van der Waals surface area contributed by atoms with Gasteiger partial charge in [-0.1, -0.05) is 40.0 Å². The third-order valence-corrected chi connectivity index (χ3v) is 3.57. The fourth-order valence-corrected chi connectivity index (χ4v) is 2.63. The normalized spacial score (nSPS) is 24.4. The minimum Gasteiger partial charge on any atom is -0.396 e. The highest BCUT2D eigenvalue weighted by atomic mass is 16.2. The van der Waals surface area contributed by atoms with E-state index in [9.17, 15) is 0 Å². The van der Waals surface area contributed by atoms with Crippen molar-refractivity contribution >= 4 is 0 Å². The molecule has 2 unspecified atom stereocenters. The standard InChI is InChI=1S/C11H23N.C4H10O/c1-9(2)8-10-6-4-5-7-11(10)12-3;1-2-3-4-5/h9-12H,4-8H2,1-3H3;5H,2-4H2,1H3. The fourth-order valence-electron chi connectivity index (χ4n) is 2.63. The van der Waals surface area contributed by atoms with Crippen LogP contribution >= 0.6 is 0 Å². The first-order valence-electron chi connectivity index (χ1n) is 7.43. The molecule has 0 bridgehead atoms.